The number of likely N-dealkylation sites (N-methyl/N-ethyl adjacent to an activating group) is 1. The van der Waals surface area contributed by atoms with Gasteiger partial charge in [0.05, 0.1) is 7.11 Å². The third-order valence-electron chi connectivity index (χ3n) is 1.89. The van der Waals surface area contributed by atoms with E-state index >= 15 is 0 Å². The number of methoxy groups -OCH3 is 1. The van der Waals surface area contributed by atoms with Crippen LogP contribution in [-0.2, 0) is 5.60 Å². The second kappa shape index (κ2) is 4.34. The fourth-order valence-corrected chi connectivity index (χ4v) is 1.27. The van der Waals surface area contributed by atoms with E-state index in [0.717, 1.165) is 0 Å². The number of nitrogens with zero attached hydrogens (tertiary/aromatic N) is 2. The van der Waals surface area contributed by atoms with Gasteiger partial charge < -0.3 is 15.2 Å². The van der Waals surface area contributed by atoms with Crippen LogP contribution in [0.5, 0.6) is 5.88 Å². The molecule has 0 aliphatic carbocycles. The molecule has 0 fully saturated rings. The molecule has 1 atom stereocenters. The molecule has 0 aliphatic rings. The Morgan fingerprint density at radius 1 is 1.50 bits per heavy atom. The number of ether oxygens (including phenoxy) is 1. The number of hydrogen-bond donors (Lipinski definition) is 2. The van der Waals surface area contributed by atoms with E-state index in [4.69, 9.17) is 4.74 Å². The lowest BCUT2D eigenvalue weighted by Crippen LogP contribution is -2.34. The zero-order chi connectivity index (χ0) is 10.6. The van der Waals surface area contributed by atoms with Crippen LogP contribution in [0, 0.1) is 0 Å². The van der Waals surface area contributed by atoms with Crippen molar-refractivity contribution in [2.24, 2.45) is 0 Å². The molecule has 1 unspecified atom stereocenters. The van der Waals surface area contributed by atoms with Gasteiger partial charge in [0.15, 0.2) is 0 Å². The van der Waals surface area contributed by atoms with Gasteiger partial charge in [-0.25, -0.2) is 4.98 Å². The Hall–Kier alpha value is -1.20. The molecule has 1 rings (SSSR count). The summed E-state index contributed by atoms with van der Waals surface area (Å²) in [4.78, 5) is 8.04. The van der Waals surface area contributed by atoms with Gasteiger partial charge in [0.25, 0.3) is 0 Å². The lowest BCUT2D eigenvalue weighted by molar-refractivity contribution is 0.0510. The number of rotatable bonds is 4. The quantitative estimate of drug-likeness (QED) is 0.706. The molecule has 0 radical (unpaired) electrons. The van der Waals surface area contributed by atoms with E-state index in [1.165, 1.54) is 19.5 Å². The average Bonchev–Trinajstić information content (AvgIpc) is 2.18. The minimum absolute atomic E-state index is 0.354. The maximum atomic E-state index is 10.1. The minimum atomic E-state index is -1.08. The predicted octanol–water partition coefficient (Wildman–Crippen LogP) is -0.0879. The molecule has 2 N–H and O–H groups in total. The Bertz CT molecular complexity index is 302. The minimum Gasteiger partial charge on any atom is -0.480 e. The maximum absolute atomic E-state index is 10.1. The van der Waals surface area contributed by atoms with Crippen LogP contribution >= 0.6 is 0 Å². The van der Waals surface area contributed by atoms with Crippen LogP contribution in [0.15, 0.2) is 12.4 Å². The molecule has 14 heavy (non-hydrogen) atoms. The molecule has 0 amide bonds. The number of aliphatic hydroxyl groups is 1. The van der Waals surface area contributed by atoms with Gasteiger partial charge in [0.2, 0.25) is 5.88 Å². The van der Waals surface area contributed by atoms with Crippen LogP contribution in [-0.4, -0.2) is 35.8 Å². The summed E-state index contributed by atoms with van der Waals surface area (Å²) in [6, 6.07) is 0. The zero-order valence-corrected chi connectivity index (χ0v) is 8.61. The Kier molecular flexibility index (Phi) is 3.38. The van der Waals surface area contributed by atoms with E-state index in [2.05, 4.69) is 15.3 Å². The number of hydrogen-bond acceptors (Lipinski definition) is 5. The second-order valence-corrected chi connectivity index (χ2v) is 3.22. The van der Waals surface area contributed by atoms with Crippen molar-refractivity contribution in [1.29, 1.82) is 0 Å². The van der Waals surface area contributed by atoms with Crippen molar-refractivity contribution in [3.63, 3.8) is 0 Å². The molecule has 1 aromatic heterocycles. The topological polar surface area (TPSA) is 67.3 Å². The smallest absolute Gasteiger partial charge is 0.238 e. The van der Waals surface area contributed by atoms with Crippen LogP contribution in [0.3, 0.4) is 0 Å². The highest BCUT2D eigenvalue weighted by Gasteiger charge is 2.28. The Balaban J connectivity index is 3.04. The van der Waals surface area contributed by atoms with E-state index in [1.54, 1.807) is 14.0 Å². The lowest BCUT2D eigenvalue weighted by atomic mass is 10.0. The van der Waals surface area contributed by atoms with E-state index in [1.807, 2.05) is 0 Å². The SMILES string of the molecule is CNCC(C)(O)c1nccnc1OC. The molecule has 0 aromatic carbocycles. The molecule has 0 spiro atoms. The third kappa shape index (κ3) is 2.18. The molecule has 0 bridgehead atoms. The number of nitrogens with one attached hydrogen (secondary N) is 1. The van der Waals surface area contributed by atoms with Gasteiger partial charge in [-0.15, -0.1) is 0 Å². The van der Waals surface area contributed by atoms with Crippen LogP contribution in [0.2, 0.25) is 0 Å². The number of aromatic nitrogens is 2. The van der Waals surface area contributed by atoms with Crippen LogP contribution in [0.25, 0.3) is 0 Å². The second-order valence-electron chi connectivity index (χ2n) is 3.22. The summed E-state index contributed by atoms with van der Waals surface area (Å²) in [5, 5.41) is 12.9. The summed E-state index contributed by atoms with van der Waals surface area (Å²) in [5.41, 5.74) is -0.634. The fourth-order valence-electron chi connectivity index (χ4n) is 1.27. The van der Waals surface area contributed by atoms with Gasteiger partial charge in [0.1, 0.15) is 11.3 Å². The van der Waals surface area contributed by atoms with Crippen molar-refractivity contribution < 1.29 is 9.84 Å². The molecule has 5 nitrogen and oxygen atoms in total. The molecule has 5 heteroatoms. The van der Waals surface area contributed by atoms with E-state index < -0.39 is 5.60 Å². The van der Waals surface area contributed by atoms with Crippen LogP contribution in [0.1, 0.15) is 12.6 Å². The highest BCUT2D eigenvalue weighted by atomic mass is 16.5. The van der Waals surface area contributed by atoms with Crippen molar-refractivity contribution in [3.8, 4) is 5.88 Å². The molecule has 0 saturated carbocycles. The largest absolute Gasteiger partial charge is 0.480 e. The highest BCUT2D eigenvalue weighted by Crippen LogP contribution is 2.24. The molecule has 78 valence electrons. The maximum Gasteiger partial charge on any atom is 0.238 e. The Labute approximate surface area is 83.2 Å². The summed E-state index contributed by atoms with van der Waals surface area (Å²) in [5.74, 6) is 0.354. The molecule has 0 saturated heterocycles. The fraction of sp³-hybridized carbons (Fsp3) is 0.556. The first kappa shape index (κ1) is 10.9. The van der Waals surface area contributed by atoms with Gasteiger partial charge >= 0.3 is 0 Å². The van der Waals surface area contributed by atoms with Gasteiger partial charge in [-0.3, -0.25) is 4.98 Å². The van der Waals surface area contributed by atoms with Gasteiger partial charge in [-0.2, -0.15) is 0 Å². The standard InChI is InChI=1S/C9H15N3O2/c1-9(13,6-10-2)7-8(14-3)12-5-4-11-7/h4-5,10,13H,6H2,1-3H3. The van der Waals surface area contributed by atoms with Gasteiger partial charge in [0, 0.05) is 18.9 Å². The summed E-state index contributed by atoms with van der Waals surface area (Å²) in [7, 11) is 3.26. The summed E-state index contributed by atoms with van der Waals surface area (Å²) in [6.45, 7) is 2.05. The van der Waals surface area contributed by atoms with Gasteiger partial charge in [-0.1, -0.05) is 0 Å². The molecule has 0 aliphatic heterocycles. The van der Waals surface area contributed by atoms with Crippen molar-refractivity contribution >= 4 is 0 Å². The zero-order valence-electron chi connectivity index (χ0n) is 8.61. The van der Waals surface area contributed by atoms with Crippen molar-refractivity contribution in [2.75, 3.05) is 20.7 Å². The van der Waals surface area contributed by atoms with E-state index in [9.17, 15) is 5.11 Å². The van der Waals surface area contributed by atoms with Gasteiger partial charge in [-0.05, 0) is 14.0 Å². The summed E-state index contributed by atoms with van der Waals surface area (Å²) >= 11 is 0. The first-order chi connectivity index (χ1) is 6.61. The first-order valence-electron chi connectivity index (χ1n) is 4.34. The molecule has 1 heterocycles. The first-order valence-corrected chi connectivity index (χ1v) is 4.34. The van der Waals surface area contributed by atoms with Crippen LogP contribution in [0.4, 0.5) is 0 Å². The average molecular weight is 197 g/mol. The van der Waals surface area contributed by atoms with Crippen molar-refractivity contribution in [3.05, 3.63) is 18.1 Å². The molecular weight excluding hydrogens is 182 g/mol. The summed E-state index contributed by atoms with van der Waals surface area (Å²) in [6.07, 6.45) is 3.06. The Morgan fingerprint density at radius 3 is 2.71 bits per heavy atom. The normalized spacial score (nSPS) is 14.9. The highest BCUT2D eigenvalue weighted by molar-refractivity contribution is 5.23. The lowest BCUT2D eigenvalue weighted by Gasteiger charge is -2.22. The van der Waals surface area contributed by atoms with Crippen LogP contribution < -0.4 is 10.1 Å². The Morgan fingerprint density at radius 2 is 2.14 bits per heavy atom. The predicted molar refractivity (Wildman–Crippen MR) is 52.1 cm³/mol. The van der Waals surface area contributed by atoms with E-state index in [-0.39, 0.29) is 0 Å². The summed E-state index contributed by atoms with van der Waals surface area (Å²) < 4.78 is 5.02. The van der Waals surface area contributed by atoms with Crippen molar-refractivity contribution in [2.45, 2.75) is 12.5 Å². The third-order valence-corrected chi connectivity index (χ3v) is 1.89. The van der Waals surface area contributed by atoms with Crippen molar-refractivity contribution in [1.82, 2.24) is 15.3 Å². The molecular formula is C9H15N3O2. The van der Waals surface area contributed by atoms with E-state index in [0.29, 0.717) is 18.1 Å². The molecule has 1 aromatic rings. The monoisotopic (exact) mass is 197 g/mol.